The summed E-state index contributed by atoms with van der Waals surface area (Å²) >= 11 is 3.28. The maximum absolute atomic E-state index is 13.6. The van der Waals surface area contributed by atoms with Gasteiger partial charge in [0.05, 0.1) is 6.10 Å². The van der Waals surface area contributed by atoms with Crippen LogP contribution in [-0.2, 0) is 6.42 Å². The summed E-state index contributed by atoms with van der Waals surface area (Å²) in [6, 6.07) is 11.7. The number of hydrogen-bond acceptors (Lipinski definition) is 2. The second-order valence-corrected chi connectivity index (χ2v) is 5.00. The Balaban J connectivity index is 2.24. The first-order chi connectivity index (χ1) is 8.58. The van der Waals surface area contributed by atoms with Crippen molar-refractivity contribution in [2.24, 2.45) is 0 Å². The van der Waals surface area contributed by atoms with Gasteiger partial charge in [0.2, 0.25) is 0 Å². The van der Waals surface area contributed by atoms with Crippen LogP contribution < -0.4 is 5.73 Å². The molecule has 0 aromatic heterocycles. The van der Waals surface area contributed by atoms with Gasteiger partial charge in [-0.15, -0.1) is 0 Å². The molecular weight excluding hydrogens is 297 g/mol. The normalized spacial score (nSPS) is 12.4. The summed E-state index contributed by atoms with van der Waals surface area (Å²) in [5.74, 6) is -0.327. The molecule has 0 aliphatic heterocycles. The standard InChI is InChI=1S/C14H13BrFNO/c15-10-5-6-12(16)9(7-10)8-14(18)11-3-1-2-4-13(11)17/h1-7,14,18H,8,17H2. The first-order valence-electron chi connectivity index (χ1n) is 5.54. The zero-order chi connectivity index (χ0) is 13.1. The topological polar surface area (TPSA) is 46.2 Å². The van der Waals surface area contributed by atoms with Gasteiger partial charge in [-0.25, -0.2) is 4.39 Å². The van der Waals surface area contributed by atoms with Crippen molar-refractivity contribution < 1.29 is 9.50 Å². The van der Waals surface area contributed by atoms with Crippen molar-refractivity contribution in [3.63, 3.8) is 0 Å². The molecule has 94 valence electrons. The monoisotopic (exact) mass is 309 g/mol. The Labute approximate surface area is 113 Å². The van der Waals surface area contributed by atoms with Crippen LogP contribution in [0.4, 0.5) is 10.1 Å². The van der Waals surface area contributed by atoms with Crippen molar-refractivity contribution >= 4 is 21.6 Å². The van der Waals surface area contributed by atoms with Crippen molar-refractivity contribution in [2.45, 2.75) is 12.5 Å². The van der Waals surface area contributed by atoms with Crippen LogP contribution in [0.25, 0.3) is 0 Å². The summed E-state index contributed by atoms with van der Waals surface area (Å²) in [5.41, 5.74) is 7.37. The molecule has 0 saturated heterocycles. The number of aliphatic hydroxyl groups excluding tert-OH is 1. The van der Waals surface area contributed by atoms with E-state index in [1.165, 1.54) is 6.07 Å². The fourth-order valence-electron chi connectivity index (χ4n) is 1.83. The van der Waals surface area contributed by atoms with E-state index in [9.17, 15) is 9.50 Å². The van der Waals surface area contributed by atoms with E-state index in [2.05, 4.69) is 15.9 Å². The molecule has 0 saturated carbocycles. The third-order valence-electron chi connectivity index (χ3n) is 2.78. The molecule has 2 rings (SSSR count). The average Bonchev–Trinajstić information content (AvgIpc) is 2.34. The molecule has 18 heavy (non-hydrogen) atoms. The number of benzene rings is 2. The van der Waals surface area contributed by atoms with Gasteiger partial charge in [-0.3, -0.25) is 0 Å². The SMILES string of the molecule is Nc1ccccc1C(O)Cc1cc(Br)ccc1F. The third-order valence-corrected chi connectivity index (χ3v) is 3.27. The van der Waals surface area contributed by atoms with E-state index < -0.39 is 6.10 Å². The Morgan fingerprint density at radius 1 is 1.22 bits per heavy atom. The van der Waals surface area contributed by atoms with Crippen molar-refractivity contribution in [1.82, 2.24) is 0 Å². The Bertz CT molecular complexity index is 559. The van der Waals surface area contributed by atoms with E-state index in [0.717, 1.165) is 4.47 Å². The highest BCUT2D eigenvalue weighted by Crippen LogP contribution is 2.25. The lowest BCUT2D eigenvalue weighted by atomic mass is 10.00. The van der Waals surface area contributed by atoms with Crippen LogP contribution >= 0.6 is 15.9 Å². The molecule has 0 bridgehead atoms. The van der Waals surface area contributed by atoms with Crippen molar-refractivity contribution in [3.8, 4) is 0 Å². The lowest BCUT2D eigenvalue weighted by molar-refractivity contribution is 0.178. The van der Waals surface area contributed by atoms with Crippen molar-refractivity contribution in [1.29, 1.82) is 0 Å². The zero-order valence-corrected chi connectivity index (χ0v) is 11.2. The number of para-hydroxylation sites is 1. The number of anilines is 1. The average molecular weight is 310 g/mol. The van der Waals surface area contributed by atoms with E-state index in [-0.39, 0.29) is 12.2 Å². The highest BCUT2D eigenvalue weighted by atomic mass is 79.9. The molecule has 1 unspecified atom stereocenters. The highest BCUT2D eigenvalue weighted by Gasteiger charge is 2.14. The molecule has 3 N–H and O–H groups in total. The first kappa shape index (κ1) is 13.1. The number of rotatable bonds is 3. The molecular formula is C14H13BrFNO. The Hall–Kier alpha value is -1.39. The molecule has 2 nitrogen and oxygen atoms in total. The van der Waals surface area contributed by atoms with E-state index in [1.807, 2.05) is 0 Å². The molecule has 1 atom stereocenters. The highest BCUT2D eigenvalue weighted by molar-refractivity contribution is 9.10. The molecule has 0 heterocycles. The van der Waals surface area contributed by atoms with E-state index in [4.69, 9.17) is 5.73 Å². The number of nitrogens with two attached hydrogens (primary N) is 1. The van der Waals surface area contributed by atoms with Gasteiger partial charge in [0.1, 0.15) is 5.82 Å². The Kier molecular flexibility index (Phi) is 3.99. The summed E-state index contributed by atoms with van der Waals surface area (Å²) in [5, 5.41) is 10.1. The van der Waals surface area contributed by atoms with E-state index in [0.29, 0.717) is 16.8 Å². The maximum atomic E-state index is 13.6. The van der Waals surface area contributed by atoms with Gasteiger partial charge < -0.3 is 10.8 Å². The zero-order valence-electron chi connectivity index (χ0n) is 9.61. The van der Waals surface area contributed by atoms with Crippen LogP contribution in [0.5, 0.6) is 0 Å². The lowest BCUT2D eigenvalue weighted by Crippen LogP contribution is -2.06. The minimum atomic E-state index is -0.810. The minimum Gasteiger partial charge on any atom is -0.398 e. The van der Waals surface area contributed by atoms with Gasteiger partial charge in [0, 0.05) is 22.1 Å². The van der Waals surface area contributed by atoms with Gasteiger partial charge in [-0.1, -0.05) is 34.1 Å². The van der Waals surface area contributed by atoms with Gasteiger partial charge in [-0.2, -0.15) is 0 Å². The lowest BCUT2D eigenvalue weighted by Gasteiger charge is -2.14. The third kappa shape index (κ3) is 2.89. The predicted molar refractivity (Wildman–Crippen MR) is 73.6 cm³/mol. The van der Waals surface area contributed by atoms with E-state index >= 15 is 0 Å². The van der Waals surface area contributed by atoms with Crippen LogP contribution in [-0.4, -0.2) is 5.11 Å². The maximum Gasteiger partial charge on any atom is 0.126 e. The van der Waals surface area contributed by atoms with Crippen LogP contribution in [0.15, 0.2) is 46.9 Å². The van der Waals surface area contributed by atoms with Crippen LogP contribution in [0, 0.1) is 5.82 Å². The molecule has 2 aromatic rings. The Morgan fingerprint density at radius 3 is 2.67 bits per heavy atom. The van der Waals surface area contributed by atoms with Gasteiger partial charge in [0.15, 0.2) is 0 Å². The molecule has 0 radical (unpaired) electrons. The van der Waals surface area contributed by atoms with Crippen molar-refractivity contribution in [2.75, 3.05) is 5.73 Å². The first-order valence-corrected chi connectivity index (χ1v) is 6.33. The van der Waals surface area contributed by atoms with Gasteiger partial charge in [0.25, 0.3) is 0 Å². The fourth-order valence-corrected chi connectivity index (χ4v) is 2.24. The fraction of sp³-hybridized carbons (Fsp3) is 0.143. The van der Waals surface area contributed by atoms with Crippen molar-refractivity contribution in [3.05, 3.63) is 63.9 Å². The van der Waals surface area contributed by atoms with Crippen LogP contribution in [0.1, 0.15) is 17.2 Å². The molecule has 4 heteroatoms. The summed E-state index contributed by atoms with van der Waals surface area (Å²) in [6.07, 6.45) is -0.616. The van der Waals surface area contributed by atoms with Gasteiger partial charge in [-0.05, 0) is 29.8 Å². The summed E-state index contributed by atoms with van der Waals surface area (Å²) in [4.78, 5) is 0. The Morgan fingerprint density at radius 2 is 1.94 bits per heavy atom. The molecule has 0 spiro atoms. The smallest absolute Gasteiger partial charge is 0.126 e. The second-order valence-electron chi connectivity index (χ2n) is 4.08. The number of nitrogen functional groups attached to an aromatic ring is 1. The van der Waals surface area contributed by atoms with Crippen LogP contribution in [0.3, 0.4) is 0 Å². The summed E-state index contributed by atoms with van der Waals surface area (Å²) in [6.45, 7) is 0. The quantitative estimate of drug-likeness (QED) is 0.853. The summed E-state index contributed by atoms with van der Waals surface area (Å²) in [7, 11) is 0. The number of hydrogen-bond donors (Lipinski definition) is 2. The number of halogens is 2. The van der Waals surface area contributed by atoms with E-state index in [1.54, 1.807) is 36.4 Å². The number of aliphatic hydroxyl groups is 1. The molecule has 0 aliphatic carbocycles. The predicted octanol–water partition coefficient (Wildman–Crippen LogP) is 3.45. The van der Waals surface area contributed by atoms with Gasteiger partial charge >= 0.3 is 0 Å². The second kappa shape index (κ2) is 5.50. The molecule has 0 aliphatic rings. The molecule has 2 aromatic carbocycles. The summed E-state index contributed by atoms with van der Waals surface area (Å²) < 4.78 is 14.4. The molecule has 0 fully saturated rings. The minimum absolute atomic E-state index is 0.194. The van der Waals surface area contributed by atoms with Crippen LogP contribution in [0.2, 0.25) is 0 Å². The molecule has 0 amide bonds. The largest absolute Gasteiger partial charge is 0.398 e.